The number of nitrogens with one attached hydrogen (secondary N) is 4. The molecule has 0 spiro atoms. The molecule has 4 aliphatic rings. The number of carbonyl (C=O) groups excluding carboxylic acids is 10. The van der Waals surface area contributed by atoms with Crippen LogP contribution in [-0.4, -0.2) is 118 Å². The Balaban J connectivity index is 0.000000193. The minimum atomic E-state index is -0.988. The number of carbonyl (C=O) groups is 10. The van der Waals surface area contributed by atoms with Crippen molar-refractivity contribution in [3.63, 3.8) is 0 Å². The predicted molar refractivity (Wildman–Crippen MR) is 487 cm³/mol. The first-order valence-corrected chi connectivity index (χ1v) is 43.8. The van der Waals surface area contributed by atoms with Crippen molar-refractivity contribution in [3.8, 4) is 69.0 Å². The van der Waals surface area contributed by atoms with Crippen LogP contribution in [0.4, 0.5) is 9.59 Å². The zero-order valence-corrected chi connectivity index (χ0v) is 79.6. The minimum absolute atomic E-state index is 0.0924. The van der Waals surface area contributed by atoms with Crippen LogP contribution >= 0.6 is 23.6 Å². The average Bonchev–Trinajstić information content (AvgIpc) is 0.757. The van der Waals surface area contributed by atoms with E-state index in [-0.39, 0.29) is 80.9 Å². The van der Waals surface area contributed by atoms with Crippen molar-refractivity contribution in [1.82, 2.24) is 20.3 Å². The highest BCUT2D eigenvalue weighted by Crippen LogP contribution is 2.55. The number of benzene rings is 8. The molecular weight excluding hydrogens is 1690 g/mol. The molecule has 0 fully saturated rings. The molecule has 4 heterocycles. The van der Waals surface area contributed by atoms with Crippen LogP contribution in [0.3, 0.4) is 0 Å². The number of ether oxygens (including phenoxy) is 14. The van der Waals surface area contributed by atoms with Crippen LogP contribution in [0.2, 0.25) is 0 Å². The third kappa shape index (κ3) is 25.2. The molecule has 0 radical (unpaired) electrons. The van der Waals surface area contributed by atoms with Crippen molar-refractivity contribution in [3.05, 3.63) is 119 Å². The minimum Gasteiger partial charge on any atom is -0.487 e. The average molecular weight is 1810 g/mol. The highest BCUT2D eigenvalue weighted by molar-refractivity contribution is 6.15. The number of fused-ring (bicyclic) bond motifs is 12. The van der Waals surface area contributed by atoms with Crippen LogP contribution in [0.5, 0.6) is 69.0 Å². The quantitative estimate of drug-likeness (QED) is 0.0313. The second kappa shape index (κ2) is 41.1. The van der Waals surface area contributed by atoms with Gasteiger partial charge in [-0.3, -0.25) is 19.2 Å². The van der Waals surface area contributed by atoms with Crippen LogP contribution in [0.25, 0.3) is 43.1 Å². The third-order valence-corrected chi connectivity index (χ3v) is 21.6. The first-order valence-electron chi connectivity index (χ1n) is 43.0. The molecule has 8 aromatic rings. The van der Waals surface area contributed by atoms with E-state index >= 15 is 0 Å². The van der Waals surface area contributed by atoms with Gasteiger partial charge in [-0.15, -0.1) is 0 Å². The van der Waals surface area contributed by atoms with Crippen molar-refractivity contribution in [2.45, 2.75) is 289 Å². The summed E-state index contributed by atoms with van der Waals surface area (Å²) in [5, 5.41) is 10.8. The Bertz CT molecular complexity index is 5540. The van der Waals surface area contributed by atoms with Gasteiger partial charge in [0.15, 0.2) is 46.0 Å². The van der Waals surface area contributed by atoms with E-state index in [0.29, 0.717) is 99.8 Å². The maximum Gasteiger partial charge on any atom is 0.408 e. The maximum atomic E-state index is 13.4. The van der Waals surface area contributed by atoms with Gasteiger partial charge in [-0.25, -0.2) is 38.4 Å². The molecule has 0 saturated carbocycles. The summed E-state index contributed by atoms with van der Waals surface area (Å²) in [4.78, 5) is 130. The van der Waals surface area contributed by atoms with Gasteiger partial charge >= 0.3 is 59.9 Å². The molecule has 30 heteroatoms. The van der Waals surface area contributed by atoms with Gasteiger partial charge in [0.25, 0.3) is 0 Å². The zero-order chi connectivity index (χ0) is 94.9. The Morgan fingerprint density at radius 3 is 0.695 bits per heavy atom. The summed E-state index contributed by atoms with van der Waals surface area (Å²) in [7, 11) is 0. The van der Waals surface area contributed by atoms with Crippen LogP contribution < -0.4 is 77.1 Å². The van der Waals surface area contributed by atoms with E-state index in [9.17, 15) is 47.9 Å². The van der Waals surface area contributed by atoms with E-state index in [4.69, 9.17) is 89.9 Å². The number of hydrogen-bond acceptors (Lipinski definition) is 26. The van der Waals surface area contributed by atoms with Crippen LogP contribution in [0, 0.1) is 23.7 Å². The normalized spacial score (nSPS) is 15.8. The molecule has 4 aliphatic heterocycles. The van der Waals surface area contributed by atoms with Crippen molar-refractivity contribution < 1.29 is 114 Å². The topological polar surface area (TPSA) is 348 Å². The van der Waals surface area contributed by atoms with Gasteiger partial charge in [0.1, 0.15) is 80.8 Å². The van der Waals surface area contributed by atoms with E-state index in [0.717, 1.165) is 39.9 Å². The SMILES string of the molecule is CC(=O)Oc1c(OC(=O)[C@@H](NC(=O)OC(C)(C)C)C(C)C)c2c(c3ccccc13)OC(C)(C)CC2.CC(=O)Oc1c(OC(=O)[C@@H](NCl)C(C)C)c2c(c3ccccc13)OC(C)(C)CC2.CC(=O)Oc1c2c(c3ccccc3c1OC(=O)[C@@H](NC(=O)OC(C)(C)C)C(C)C)OC(C)(C)CC2.CC(=O)Oc1c2c(c3ccccc3c1OC(=O)[C@@H](NCl)C(C)C)OC(C)(C)CC2. The molecule has 4 N–H and O–H groups in total. The molecule has 0 unspecified atom stereocenters. The molecule has 28 nitrogen and oxygen atoms in total. The summed E-state index contributed by atoms with van der Waals surface area (Å²) in [5.74, 6) is -1.39. The summed E-state index contributed by atoms with van der Waals surface area (Å²) in [6.45, 7) is 46.3. The molecule has 8 aromatic carbocycles. The molecule has 0 aromatic heterocycles. The zero-order valence-electron chi connectivity index (χ0n) is 78.1. The van der Waals surface area contributed by atoms with E-state index in [2.05, 4.69) is 20.3 Å². The van der Waals surface area contributed by atoms with E-state index in [1.165, 1.54) is 27.7 Å². The second-order valence-electron chi connectivity index (χ2n) is 37.9. The van der Waals surface area contributed by atoms with Gasteiger partial charge in [-0.1, -0.05) is 152 Å². The maximum absolute atomic E-state index is 13.4. The Hall–Kier alpha value is -11.2. The van der Waals surface area contributed by atoms with E-state index < -0.39 is 107 Å². The molecule has 2 amide bonds. The monoisotopic (exact) mass is 1810 g/mol. The molecule has 0 saturated heterocycles. The number of hydrogen-bond donors (Lipinski definition) is 4. The highest BCUT2D eigenvalue weighted by atomic mass is 35.5. The van der Waals surface area contributed by atoms with Gasteiger partial charge < -0.3 is 76.9 Å². The van der Waals surface area contributed by atoms with Crippen LogP contribution in [-0.2, 0) is 73.5 Å². The summed E-state index contributed by atoms with van der Waals surface area (Å²) in [6.07, 6.45) is 3.74. The molecule has 0 bridgehead atoms. The lowest BCUT2D eigenvalue weighted by Crippen LogP contribution is -2.48. The van der Waals surface area contributed by atoms with Gasteiger partial charge in [0.05, 0.1) is 0 Å². The summed E-state index contributed by atoms with van der Waals surface area (Å²) in [5.41, 5.74) is -0.231. The Morgan fingerprint density at radius 2 is 0.492 bits per heavy atom. The van der Waals surface area contributed by atoms with Gasteiger partial charge in [-0.05, 0) is 196 Å². The lowest BCUT2D eigenvalue weighted by atomic mass is 9.91. The highest BCUT2D eigenvalue weighted by Gasteiger charge is 2.42. The predicted octanol–water partition coefficient (Wildman–Crippen LogP) is 19.7. The number of amides is 2. The van der Waals surface area contributed by atoms with Gasteiger partial charge in [0, 0.05) is 93.0 Å². The first kappa shape index (κ1) is 101. The summed E-state index contributed by atoms with van der Waals surface area (Å²) in [6, 6.07) is 26.2. The van der Waals surface area contributed by atoms with Gasteiger partial charge in [-0.2, -0.15) is 0 Å². The fraction of sp³-hybridized carbons (Fsp3) is 0.490. The van der Waals surface area contributed by atoms with E-state index in [1.54, 1.807) is 87.4 Å². The fourth-order valence-electron chi connectivity index (χ4n) is 14.8. The number of alkyl carbamates (subject to hydrolysis) is 2. The van der Waals surface area contributed by atoms with Crippen molar-refractivity contribution >= 4 is 127 Å². The molecule has 12 rings (SSSR count). The molecule has 0 aliphatic carbocycles. The molecule has 4 atom stereocenters. The van der Waals surface area contributed by atoms with Gasteiger partial charge in [0.2, 0.25) is 0 Å². The van der Waals surface area contributed by atoms with Crippen LogP contribution in [0.15, 0.2) is 97.1 Å². The Labute approximate surface area is 758 Å². The molecule has 692 valence electrons. The van der Waals surface area contributed by atoms with E-state index in [1.807, 2.05) is 162 Å². The third-order valence-electron chi connectivity index (χ3n) is 21.2. The summed E-state index contributed by atoms with van der Waals surface area (Å²) >= 11 is 11.5. The fourth-order valence-corrected chi connectivity index (χ4v) is 15.5. The van der Waals surface area contributed by atoms with Crippen molar-refractivity contribution in [2.75, 3.05) is 0 Å². The number of rotatable bonds is 20. The Morgan fingerprint density at radius 1 is 0.305 bits per heavy atom. The lowest BCUT2D eigenvalue weighted by Gasteiger charge is -2.35. The standard InChI is InChI=1S/2C27H35NO7.2C22H26ClNO5/c1-15(2)20(28-25(31)35-26(4,5)6)24(30)33-22-18-12-10-9-11-17(18)21-19(23(22)32-16(3)29)13-14-27(7,8)34-21;1-15(2)20(28-25(31)35-26(4,5)6)24(30)33-23-19-13-14-27(7,8)34-21(19)17-11-9-10-12-18(17)22(23)32-16(3)29;1-12(2)17(24-23)21(26)28-19-15-9-7-6-8-14(15)18-16(20(19)27-13(3)25)10-11-22(4,5)29-18;1-12(2)17(24-23)21(26)28-20-16-10-11-22(4,5)29-18(16)14-8-6-7-9-15(14)19(20)27-13(3)25/h2*9-12,15,20H,13-14H2,1-8H3,(H,28,31);2*6-9,12,17,24H,10-11H2,1-5H3/t2*20-;2*17-/m0000/s1. The number of halogens is 2. The number of esters is 8. The Kier molecular flexibility index (Phi) is 32.3. The molecule has 128 heavy (non-hydrogen) atoms. The first-order chi connectivity index (χ1) is 59.6. The van der Waals surface area contributed by atoms with Crippen molar-refractivity contribution in [2.24, 2.45) is 23.7 Å². The largest absolute Gasteiger partial charge is 0.487 e. The smallest absolute Gasteiger partial charge is 0.408 e. The van der Waals surface area contributed by atoms with Crippen molar-refractivity contribution in [1.29, 1.82) is 0 Å². The second-order valence-corrected chi connectivity index (χ2v) is 38.4. The summed E-state index contributed by atoms with van der Waals surface area (Å²) < 4.78 is 81.4. The van der Waals surface area contributed by atoms with Crippen LogP contribution in [0.1, 0.15) is 228 Å². The lowest BCUT2D eigenvalue weighted by molar-refractivity contribution is -0.139. The molecular formula is C98H122Cl2N4O24.